The second-order valence-corrected chi connectivity index (χ2v) is 9.66. The number of piperidine rings is 1. The van der Waals surface area contributed by atoms with Crippen molar-refractivity contribution in [2.75, 3.05) is 19.6 Å². The molecular formula is C29H31Cl2N3O2. The molecule has 188 valence electrons. The molecule has 0 aliphatic carbocycles. The van der Waals surface area contributed by atoms with Gasteiger partial charge in [0.2, 0.25) is 0 Å². The summed E-state index contributed by atoms with van der Waals surface area (Å²) >= 11 is 0. The van der Waals surface area contributed by atoms with Crippen molar-refractivity contribution in [1.82, 2.24) is 14.9 Å². The smallest absolute Gasteiger partial charge is 0.170 e. The summed E-state index contributed by atoms with van der Waals surface area (Å²) in [6.45, 7) is 2.96. The van der Waals surface area contributed by atoms with Gasteiger partial charge in [-0.1, -0.05) is 48.5 Å². The first-order chi connectivity index (χ1) is 16.7. The Bertz CT molecular complexity index is 1330. The fourth-order valence-corrected chi connectivity index (χ4v) is 5.49. The van der Waals surface area contributed by atoms with Crippen LogP contribution < -0.4 is 4.74 Å². The van der Waals surface area contributed by atoms with Gasteiger partial charge in [-0.15, -0.1) is 24.8 Å². The molecule has 6 rings (SSSR count). The number of ether oxygens (including phenoxy) is 1. The van der Waals surface area contributed by atoms with Crippen LogP contribution in [0, 0.1) is 0 Å². The third-order valence-electron chi connectivity index (χ3n) is 7.42. The highest BCUT2D eigenvalue weighted by Crippen LogP contribution is 2.40. The molecular weight excluding hydrogens is 493 g/mol. The second kappa shape index (κ2) is 11.0. The minimum absolute atomic E-state index is 0. The first-order valence-electron chi connectivity index (χ1n) is 12.2. The van der Waals surface area contributed by atoms with Crippen molar-refractivity contribution >= 4 is 41.4 Å². The number of nitrogens with one attached hydrogen (secondary N) is 1. The average molecular weight is 524 g/mol. The van der Waals surface area contributed by atoms with E-state index < -0.39 is 0 Å². The molecule has 3 heterocycles. The van der Waals surface area contributed by atoms with Gasteiger partial charge in [-0.05, 0) is 40.5 Å². The van der Waals surface area contributed by atoms with E-state index in [9.17, 15) is 4.79 Å². The van der Waals surface area contributed by atoms with Crippen molar-refractivity contribution < 1.29 is 9.53 Å². The van der Waals surface area contributed by atoms with Gasteiger partial charge in [-0.25, -0.2) is 4.98 Å². The summed E-state index contributed by atoms with van der Waals surface area (Å²) in [5.41, 5.74) is 2.84. The molecule has 5 nitrogen and oxygen atoms in total. The van der Waals surface area contributed by atoms with Crippen LogP contribution >= 0.6 is 24.8 Å². The van der Waals surface area contributed by atoms with Gasteiger partial charge in [-0.2, -0.15) is 0 Å². The standard InChI is InChI=1S/C29H29N3O2.2ClH/c33-26-20-29(34-27-9-8-21(18-25(26)27)19-28-30-13-14-31-28)11-16-32(17-12-29)15-10-23-6-3-5-22-4-1-2-7-24(22)23;;/h1-9,13-14,18H,10-12,15-17,19-20H2,(H,30,31);2*1H. The molecule has 0 atom stereocenters. The van der Waals surface area contributed by atoms with Gasteiger partial charge in [-0.3, -0.25) is 4.79 Å². The SMILES string of the molecule is Cl.Cl.O=C1CC2(CCN(CCc3cccc4ccccc34)CC2)Oc2ccc(Cc3ncc[nH]3)cc21. The van der Waals surface area contributed by atoms with E-state index in [1.165, 1.54) is 16.3 Å². The van der Waals surface area contributed by atoms with Crippen LogP contribution in [0.3, 0.4) is 0 Å². The van der Waals surface area contributed by atoms with Crippen LogP contribution in [0.4, 0.5) is 0 Å². The largest absolute Gasteiger partial charge is 0.486 e. The summed E-state index contributed by atoms with van der Waals surface area (Å²) in [6.07, 6.45) is 7.55. The topological polar surface area (TPSA) is 58.2 Å². The maximum atomic E-state index is 13.1. The Morgan fingerprint density at radius 2 is 1.81 bits per heavy atom. The Balaban J connectivity index is 0.00000152. The predicted octanol–water partition coefficient (Wildman–Crippen LogP) is 6.04. The van der Waals surface area contributed by atoms with E-state index in [-0.39, 0.29) is 36.2 Å². The lowest BCUT2D eigenvalue weighted by Gasteiger charge is -2.44. The molecule has 7 heteroatoms. The number of H-pyrrole nitrogens is 1. The summed E-state index contributed by atoms with van der Waals surface area (Å²) in [5, 5.41) is 2.65. The van der Waals surface area contributed by atoms with Crippen LogP contribution in [0.5, 0.6) is 5.75 Å². The molecule has 0 bridgehead atoms. The Kier molecular flexibility index (Phi) is 8.04. The number of aromatic nitrogens is 2. The lowest BCUT2D eigenvalue weighted by molar-refractivity contribution is -0.00867. The van der Waals surface area contributed by atoms with E-state index in [4.69, 9.17) is 4.74 Å². The number of imidazole rings is 1. The minimum Gasteiger partial charge on any atom is -0.486 e. The lowest BCUT2D eigenvalue weighted by Crippen LogP contribution is -2.51. The van der Waals surface area contributed by atoms with Crippen molar-refractivity contribution in [3.05, 3.63) is 95.6 Å². The maximum Gasteiger partial charge on any atom is 0.170 e. The zero-order chi connectivity index (χ0) is 23.0. The molecule has 1 aromatic heterocycles. The zero-order valence-corrected chi connectivity index (χ0v) is 21.7. The second-order valence-electron chi connectivity index (χ2n) is 9.66. The summed E-state index contributed by atoms with van der Waals surface area (Å²) in [7, 11) is 0. The van der Waals surface area contributed by atoms with E-state index in [0.717, 1.165) is 56.0 Å². The quantitative estimate of drug-likeness (QED) is 0.346. The molecule has 4 aromatic rings. The van der Waals surface area contributed by atoms with E-state index in [0.29, 0.717) is 18.4 Å². The molecule has 0 saturated carbocycles. The third-order valence-corrected chi connectivity index (χ3v) is 7.42. The highest BCUT2D eigenvalue weighted by Gasteiger charge is 2.42. The Morgan fingerprint density at radius 3 is 2.61 bits per heavy atom. The first kappa shape index (κ1) is 26.2. The number of Topliss-reactive ketones (excluding diaryl/α,β-unsaturated/α-hetero) is 1. The van der Waals surface area contributed by atoms with Crippen LogP contribution in [-0.2, 0) is 12.8 Å². The van der Waals surface area contributed by atoms with Crippen molar-refractivity contribution in [1.29, 1.82) is 0 Å². The normalized spacial score (nSPS) is 16.6. The molecule has 36 heavy (non-hydrogen) atoms. The molecule has 2 aliphatic rings. The highest BCUT2D eigenvalue weighted by molar-refractivity contribution is 6.00. The van der Waals surface area contributed by atoms with Crippen LogP contribution in [0.25, 0.3) is 10.8 Å². The van der Waals surface area contributed by atoms with Gasteiger partial charge in [0, 0.05) is 51.3 Å². The minimum atomic E-state index is -0.359. The molecule has 2 aliphatic heterocycles. The van der Waals surface area contributed by atoms with E-state index in [1.54, 1.807) is 6.20 Å². The van der Waals surface area contributed by atoms with Crippen LogP contribution in [0.15, 0.2) is 73.1 Å². The summed E-state index contributed by atoms with van der Waals surface area (Å²) < 4.78 is 6.52. The van der Waals surface area contributed by atoms with Gasteiger partial charge in [0.05, 0.1) is 12.0 Å². The molecule has 0 radical (unpaired) electrons. The number of hydrogen-bond donors (Lipinski definition) is 1. The van der Waals surface area contributed by atoms with Crippen molar-refractivity contribution in [2.45, 2.75) is 37.7 Å². The lowest BCUT2D eigenvalue weighted by atomic mass is 9.82. The number of halogens is 2. The molecule has 1 saturated heterocycles. The Hall–Kier alpha value is -2.86. The van der Waals surface area contributed by atoms with E-state index in [1.807, 2.05) is 24.4 Å². The Labute approximate surface area is 224 Å². The van der Waals surface area contributed by atoms with Gasteiger partial charge in [0.25, 0.3) is 0 Å². The number of benzene rings is 3. The van der Waals surface area contributed by atoms with Crippen LogP contribution in [-0.4, -0.2) is 45.9 Å². The fourth-order valence-electron chi connectivity index (χ4n) is 5.49. The third kappa shape index (κ3) is 5.29. The number of aromatic amines is 1. The number of likely N-dealkylation sites (tertiary alicyclic amines) is 1. The number of nitrogens with zero attached hydrogens (tertiary/aromatic N) is 2. The van der Waals surface area contributed by atoms with Crippen LogP contribution in [0.1, 0.15) is 46.6 Å². The first-order valence-corrected chi connectivity index (χ1v) is 12.2. The summed E-state index contributed by atoms with van der Waals surface area (Å²) in [5.74, 6) is 1.84. The van der Waals surface area contributed by atoms with Crippen molar-refractivity contribution in [3.8, 4) is 5.75 Å². The molecule has 0 unspecified atom stereocenters. The van der Waals surface area contributed by atoms with Gasteiger partial charge >= 0.3 is 0 Å². The number of fused-ring (bicyclic) bond motifs is 2. The number of carbonyl (C=O) groups excluding carboxylic acids is 1. The van der Waals surface area contributed by atoms with Gasteiger partial charge < -0.3 is 14.6 Å². The number of hydrogen-bond acceptors (Lipinski definition) is 4. The zero-order valence-electron chi connectivity index (χ0n) is 20.1. The van der Waals surface area contributed by atoms with Crippen molar-refractivity contribution in [2.24, 2.45) is 0 Å². The monoisotopic (exact) mass is 523 g/mol. The molecule has 1 N–H and O–H groups in total. The van der Waals surface area contributed by atoms with Crippen LogP contribution in [0.2, 0.25) is 0 Å². The Morgan fingerprint density at radius 1 is 1.00 bits per heavy atom. The van der Waals surface area contributed by atoms with Gasteiger partial charge in [0.15, 0.2) is 5.78 Å². The number of rotatable bonds is 5. The summed E-state index contributed by atoms with van der Waals surface area (Å²) in [6, 6.07) is 21.2. The highest BCUT2D eigenvalue weighted by atomic mass is 35.5. The summed E-state index contributed by atoms with van der Waals surface area (Å²) in [4.78, 5) is 23.0. The fraction of sp³-hybridized carbons (Fsp3) is 0.310. The van der Waals surface area contributed by atoms with E-state index in [2.05, 4.69) is 57.3 Å². The molecule has 0 amide bonds. The number of carbonyl (C=O) groups is 1. The van der Waals surface area contributed by atoms with Crippen molar-refractivity contribution in [3.63, 3.8) is 0 Å². The maximum absolute atomic E-state index is 13.1. The molecule has 1 spiro atoms. The molecule has 3 aromatic carbocycles. The number of ketones is 1. The van der Waals surface area contributed by atoms with E-state index >= 15 is 0 Å². The average Bonchev–Trinajstić information content (AvgIpc) is 3.37. The predicted molar refractivity (Wildman–Crippen MR) is 148 cm³/mol. The molecule has 1 fully saturated rings. The van der Waals surface area contributed by atoms with Gasteiger partial charge in [0.1, 0.15) is 17.2 Å².